The Morgan fingerprint density at radius 1 is 1.65 bits per heavy atom. The Balaban J connectivity index is 2.02. The van der Waals surface area contributed by atoms with E-state index in [0.717, 1.165) is 0 Å². The topological polar surface area (TPSA) is 120 Å². The molecule has 2 rings (SSSR count). The Labute approximate surface area is 99.8 Å². The summed E-state index contributed by atoms with van der Waals surface area (Å²) in [4.78, 5) is 10.6. The van der Waals surface area contributed by atoms with Gasteiger partial charge in [-0.2, -0.15) is 0 Å². The molecule has 0 aliphatic heterocycles. The van der Waals surface area contributed by atoms with Gasteiger partial charge in [-0.1, -0.05) is 16.9 Å². The van der Waals surface area contributed by atoms with E-state index in [0.29, 0.717) is 22.6 Å². The molecule has 2 heterocycles. The van der Waals surface area contributed by atoms with Crippen LogP contribution in [-0.2, 0) is 12.8 Å². The van der Waals surface area contributed by atoms with E-state index in [9.17, 15) is 4.79 Å². The molecule has 17 heavy (non-hydrogen) atoms. The van der Waals surface area contributed by atoms with Gasteiger partial charge in [-0.25, -0.2) is 4.79 Å². The van der Waals surface area contributed by atoms with Crippen molar-refractivity contribution in [1.29, 1.82) is 0 Å². The number of carboxylic acid groups (broad SMARTS) is 1. The molecule has 0 amide bonds. The molecule has 0 saturated carbocycles. The van der Waals surface area contributed by atoms with Crippen LogP contribution in [0, 0.1) is 0 Å². The van der Waals surface area contributed by atoms with E-state index in [1.54, 1.807) is 11.6 Å². The van der Waals surface area contributed by atoms with Gasteiger partial charge in [0.15, 0.2) is 10.9 Å². The molecule has 0 unspecified atom stereocenters. The molecule has 0 saturated heterocycles. The number of hydrogen-bond donors (Lipinski definition) is 2. The zero-order valence-corrected chi connectivity index (χ0v) is 9.64. The summed E-state index contributed by atoms with van der Waals surface area (Å²) < 4.78 is 6.48. The number of carboxylic acids is 1. The summed E-state index contributed by atoms with van der Waals surface area (Å²) in [5.74, 6) is 0.0601. The molecule has 0 bridgehead atoms. The SMILES string of the molecule is Cn1c(N)nnc1SCc1cc(C(=O)O)no1. The van der Waals surface area contributed by atoms with E-state index in [2.05, 4.69) is 15.4 Å². The van der Waals surface area contributed by atoms with E-state index >= 15 is 0 Å². The normalized spacial score (nSPS) is 10.6. The third kappa shape index (κ3) is 2.38. The van der Waals surface area contributed by atoms with Crippen LogP contribution in [0.5, 0.6) is 0 Å². The van der Waals surface area contributed by atoms with Crippen LogP contribution in [0.25, 0.3) is 0 Å². The molecule has 0 fully saturated rings. The fourth-order valence-corrected chi connectivity index (χ4v) is 1.86. The Hall–Kier alpha value is -2.03. The molecule has 3 N–H and O–H groups in total. The lowest BCUT2D eigenvalue weighted by Crippen LogP contribution is -1.98. The van der Waals surface area contributed by atoms with E-state index in [-0.39, 0.29) is 5.69 Å². The number of hydrogen-bond acceptors (Lipinski definition) is 7. The molecular formula is C8H9N5O3S. The van der Waals surface area contributed by atoms with Crippen LogP contribution < -0.4 is 5.73 Å². The van der Waals surface area contributed by atoms with E-state index in [1.165, 1.54) is 17.8 Å². The zero-order chi connectivity index (χ0) is 12.4. The molecule has 90 valence electrons. The van der Waals surface area contributed by atoms with Crippen LogP contribution in [0.15, 0.2) is 15.7 Å². The summed E-state index contributed by atoms with van der Waals surface area (Å²) in [7, 11) is 1.74. The highest BCUT2D eigenvalue weighted by Gasteiger charge is 2.12. The average Bonchev–Trinajstić information content (AvgIpc) is 2.86. The number of thioether (sulfide) groups is 1. The van der Waals surface area contributed by atoms with Crippen LogP contribution in [0.2, 0.25) is 0 Å². The van der Waals surface area contributed by atoms with Crippen LogP contribution in [0.3, 0.4) is 0 Å². The molecule has 2 aromatic heterocycles. The number of aromatic nitrogens is 4. The maximum absolute atomic E-state index is 10.6. The summed E-state index contributed by atoms with van der Waals surface area (Å²) in [6.45, 7) is 0. The summed E-state index contributed by atoms with van der Waals surface area (Å²) in [6, 6.07) is 1.37. The molecular weight excluding hydrogens is 246 g/mol. The lowest BCUT2D eigenvalue weighted by atomic mass is 10.4. The van der Waals surface area contributed by atoms with E-state index < -0.39 is 5.97 Å². The second kappa shape index (κ2) is 4.45. The largest absolute Gasteiger partial charge is 0.476 e. The second-order valence-electron chi connectivity index (χ2n) is 3.17. The maximum atomic E-state index is 10.6. The van der Waals surface area contributed by atoms with Crippen molar-refractivity contribution in [2.24, 2.45) is 7.05 Å². The van der Waals surface area contributed by atoms with Gasteiger partial charge < -0.3 is 15.4 Å². The first-order valence-corrected chi connectivity index (χ1v) is 5.53. The van der Waals surface area contributed by atoms with Crippen molar-refractivity contribution in [3.63, 3.8) is 0 Å². The number of carbonyl (C=O) groups is 1. The van der Waals surface area contributed by atoms with Gasteiger partial charge >= 0.3 is 5.97 Å². The Kier molecular flexibility index (Phi) is 3.00. The highest BCUT2D eigenvalue weighted by Crippen LogP contribution is 2.21. The molecule has 0 aliphatic rings. The summed E-state index contributed by atoms with van der Waals surface area (Å²) in [5, 5.41) is 20.2. The number of nitrogens with two attached hydrogens (primary N) is 1. The van der Waals surface area contributed by atoms with Crippen molar-refractivity contribution in [2.45, 2.75) is 10.9 Å². The molecule has 0 radical (unpaired) electrons. The summed E-state index contributed by atoms with van der Waals surface area (Å²) >= 11 is 1.33. The molecule has 8 nitrogen and oxygen atoms in total. The fourth-order valence-electron chi connectivity index (χ4n) is 1.07. The van der Waals surface area contributed by atoms with Crippen LogP contribution in [0.4, 0.5) is 5.95 Å². The Morgan fingerprint density at radius 3 is 2.94 bits per heavy atom. The highest BCUT2D eigenvalue weighted by atomic mass is 32.2. The second-order valence-corrected chi connectivity index (χ2v) is 4.11. The number of nitrogens with zero attached hydrogens (tertiary/aromatic N) is 4. The molecule has 9 heteroatoms. The van der Waals surface area contributed by atoms with Gasteiger partial charge in [0.2, 0.25) is 5.95 Å². The predicted molar refractivity (Wildman–Crippen MR) is 58.4 cm³/mol. The minimum atomic E-state index is -1.12. The van der Waals surface area contributed by atoms with Crippen LogP contribution in [0.1, 0.15) is 16.2 Å². The summed E-state index contributed by atoms with van der Waals surface area (Å²) in [5.41, 5.74) is 5.40. The van der Waals surface area contributed by atoms with Gasteiger partial charge in [-0.15, -0.1) is 10.2 Å². The quantitative estimate of drug-likeness (QED) is 0.752. The molecule has 0 aromatic carbocycles. The van der Waals surface area contributed by atoms with Gasteiger partial charge in [0, 0.05) is 13.1 Å². The number of aromatic carboxylic acids is 1. The van der Waals surface area contributed by atoms with Crippen molar-refractivity contribution in [2.75, 3.05) is 5.73 Å². The van der Waals surface area contributed by atoms with Gasteiger partial charge in [-0.3, -0.25) is 4.57 Å². The van der Waals surface area contributed by atoms with E-state index in [1.807, 2.05) is 0 Å². The molecule has 0 aliphatic carbocycles. The van der Waals surface area contributed by atoms with Crippen molar-refractivity contribution in [1.82, 2.24) is 19.9 Å². The van der Waals surface area contributed by atoms with Crippen molar-refractivity contribution in [3.8, 4) is 0 Å². The lowest BCUT2D eigenvalue weighted by Gasteiger charge is -1.97. The number of anilines is 1. The third-order valence-electron chi connectivity index (χ3n) is 1.99. The van der Waals surface area contributed by atoms with E-state index in [4.69, 9.17) is 15.4 Å². The first-order chi connectivity index (χ1) is 8.08. The minimum Gasteiger partial charge on any atom is -0.476 e. The first-order valence-electron chi connectivity index (χ1n) is 4.54. The van der Waals surface area contributed by atoms with Crippen molar-refractivity contribution >= 4 is 23.7 Å². The standard InChI is InChI=1S/C8H9N5O3S/c1-13-7(9)10-11-8(13)17-3-4-2-5(6(14)15)12-16-4/h2H,3H2,1H3,(H2,9,10)(H,14,15). The number of rotatable bonds is 4. The highest BCUT2D eigenvalue weighted by molar-refractivity contribution is 7.98. The molecule has 0 spiro atoms. The summed E-state index contributed by atoms with van der Waals surface area (Å²) in [6.07, 6.45) is 0. The van der Waals surface area contributed by atoms with Gasteiger partial charge in [0.1, 0.15) is 5.76 Å². The van der Waals surface area contributed by atoms with Gasteiger partial charge in [0.05, 0.1) is 5.75 Å². The predicted octanol–water partition coefficient (Wildman–Crippen LogP) is 0.376. The minimum absolute atomic E-state index is 0.113. The average molecular weight is 255 g/mol. The van der Waals surface area contributed by atoms with Crippen molar-refractivity contribution < 1.29 is 14.4 Å². The van der Waals surface area contributed by atoms with Crippen molar-refractivity contribution in [3.05, 3.63) is 17.5 Å². The first kappa shape index (κ1) is 11.5. The van der Waals surface area contributed by atoms with Crippen LogP contribution >= 0.6 is 11.8 Å². The Bertz CT molecular complexity index is 549. The lowest BCUT2D eigenvalue weighted by molar-refractivity contribution is 0.0685. The monoisotopic (exact) mass is 255 g/mol. The van der Waals surface area contributed by atoms with Gasteiger partial charge in [0.25, 0.3) is 0 Å². The molecule has 0 atom stereocenters. The fraction of sp³-hybridized carbons (Fsp3) is 0.250. The number of nitrogen functional groups attached to an aromatic ring is 1. The Morgan fingerprint density at radius 2 is 2.41 bits per heavy atom. The van der Waals surface area contributed by atoms with Gasteiger partial charge in [-0.05, 0) is 0 Å². The molecule has 2 aromatic rings. The zero-order valence-electron chi connectivity index (χ0n) is 8.82. The smallest absolute Gasteiger partial charge is 0.358 e. The third-order valence-corrected chi connectivity index (χ3v) is 3.03. The maximum Gasteiger partial charge on any atom is 0.358 e. The van der Waals surface area contributed by atoms with Crippen LogP contribution in [-0.4, -0.2) is 31.0 Å².